The smallest absolute Gasteiger partial charge is 0.225 e. The molecule has 1 aromatic heterocycles. The standard InChI is InChI=1S/C19H29N5O3S/c1-13(2)8-17(25)24-10-15-16(11-24)28(26,27)12-14-9-20-19(21-18(14)15)23-6-4-22(3)5-7-23/h9,13,15-16H,4-8,10-12H2,1-3H3/t15-,16+/m0/s1. The number of likely N-dealkylation sites (N-methyl/N-ethyl adjacent to an activating group) is 1. The second-order valence-corrected chi connectivity index (χ2v) is 10.9. The Hall–Kier alpha value is -1.74. The number of hydrogen-bond donors (Lipinski definition) is 0. The summed E-state index contributed by atoms with van der Waals surface area (Å²) < 4.78 is 25.7. The molecule has 8 nitrogen and oxygen atoms in total. The van der Waals surface area contributed by atoms with Crippen molar-refractivity contribution in [2.75, 3.05) is 51.2 Å². The van der Waals surface area contributed by atoms with Gasteiger partial charge in [0.2, 0.25) is 11.9 Å². The average Bonchev–Trinajstić information content (AvgIpc) is 3.08. The van der Waals surface area contributed by atoms with Crippen LogP contribution < -0.4 is 4.90 Å². The van der Waals surface area contributed by atoms with Crippen LogP contribution in [-0.4, -0.2) is 85.7 Å². The highest BCUT2D eigenvalue weighted by molar-refractivity contribution is 7.91. The first-order chi connectivity index (χ1) is 13.2. The van der Waals surface area contributed by atoms with Crippen molar-refractivity contribution < 1.29 is 13.2 Å². The zero-order valence-electron chi connectivity index (χ0n) is 16.8. The SMILES string of the molecule is CC(C)CC(=O)N1C[C@@H]2c3nc(N4CCN(C)CC4)ncc3CS(=O)(=O)[C@@H]2C1. The third-order valence-corrected chi connectivity index (χ3v) is 8.16. The van der Waals surface area contributed by atoms with E-state index in [0.717, 1.165) is 31.9 Å². The Morgan fingerprint density at radius 3 is 2.61 bits per heavy atom. The number of anilines is 1. The van der Waals surface area contributed by atoms with Gasteiger partial charge < -0.3 is 14.7 Å². The van der Waals surface area contributed by atoms with Crippen LogP contribution >= 0.6 is 0 Å². The summed E-state index contributed by atoms with van der Waals surface area (Å²) in [5, 5.41) is -0.550. The molecule has 0 aromatic carbocycles. The maximum absolute atomic E-state index is 12.8. The van der Waals surface area contributed by atoms with Crippen LogP contribution in [0.25, 0.3) is 0 Å². The Morgan fingerprint density at radius 1 is 1.21 bits per heavy atom. The highest BCUT2D eigenvalue weighted by Crippen LogP contribution is 2.39. The van der Waals surface area contributed by atoms with Gasteiger partial charge in [0.25, 0.3) is 0 Å². The Bertz CT molecular complexity index is 864. The van der Waals surface area contributed by atoms with E-state index < -0.39 is 15.1 Å². The van der Waals surface area contributed by atoms with E-state index in [-0.39, 0.29) is 30.0 Å². The van der Waals surface area contributed by atoms with Crippen molar-refractivity contribution >= 4 is 21.7 Å². The summed E-state index contributed by atoms with van der Waals surface area (Å²) in [6.07, 6.45) is 2.13. The first-order valence-corrected chi connectivity index (χ1v) is 11.7. The summed E-state index contributed by atoms with van der Waals surface area (Å²) in [6, 6.07) is 0. The lowest BCUT2D eigenvalue weighted by Gasteiger charge is -2.33. The van der Waals surface area contributed by atoms with E-state index in [1.807, 2.05) is 13.8 Å². The van der Waals surface area contributed by atoms with E-state index in [4.69, 9.17) is 4.98 Å². The van der Waals surface area contributed by atoms with Crippen molar-refractivity contribution in [1.29, 1.82) is 0 Å². The van der Waals surface area contributed by atoms with Gasteiger partial charge in [-0.15, -0.1) is 0 Å². The molecule has 28 heavy (non-hydrogen) atoms. The second-order valence-electron chi connectivity index (χ2n) is 8.72. The Balaban J connectivity index is 1.62. The van der Waals surface area contributed by atoms with Crippen LogP contribution in [-0.2, 0) is 20.4 Å². The van der Waals surface area contributed by atoms with Crippen LogP contribution in [0.4, 0.5) is 5.95 Å². The maximum atomic E-state index is 12.8. The Kier molecular flexibility index (Phi) is 5.07. The molecule has 0 bridgehead atoms. The van der Waals surface area contributed by atoms with E-state index in [2.05, 4.69) is 21.8 Å². The minimum absolute atomic E-state index is 0.0290. The summed E-state index contributed by atoms with van der Waals surface area (Å²) in [5.41, 5.74) is 1.51. The lowest BCUT2D eigenvalue weighted by Crippen LogP contribution is -2.45. The van der Waals surface area contributed by atoms with Gasteiger partial charge in [-0.25, -0.2) is 18.4 Å². The molecule has 1 aromatic rings. The van der Waals surface area contributed by atoms with Gasteiger partial charge in [0.05, 0.1) is 16.7 Å². The lowest BCUT2D eigenvalue weighted by molar-refractivity contribution is -0.130. The van der Waals surface area contributed by atoms with Crippen LogP contribution in [0.3, 0.4) is 0 Å². The first-order valence-electron chi connectivity index (χ1n) is 10.0. The van der Waals surface area contributed by atoms with Gasteiger partial charge in [-0.05, 0) is 13.0 Å². The number of piperazine rings is 1. The molecule has 3 aliphatic rings. The third kappa shape index (κ3) is 3.61. The number of likely N-dealkylation sites (tertiary alicyclic amines) is 1. The molecular formula is C19H29N5O3S. The minimum atomic E-state index is -3.31. The summed E-state index contributed by atoms with van der Waals surface area (Å²) in [6.45, 7) is 8.36. The Morgan fingerprint density at radius 2 is 1.93 bits per heavy atom. The van der Waals surface area contributed by atoms with E-state index >= 15 is 0 Å². The molecule has 4 rings (SSSR count). The number of rotatable bonds is 3. The fourth-order valence-corrected chi connectivity index (χ4v) is 6.40. The second kappa shape index (κ2) is 7.26. The summed E-state index contributed by atoms with van der Waals surface area (Å²) in [7, 11) is -1.21. The molecule has 2 atom stereocenters. The van der Waals surface area contributed by atoms with Crippen LogP contribution in [0.5, 0.6) is 0 Å². The molecule has 2 fully saturated rings. The van der Waals surface area contributed by atoms with Crippen LogP contribution in [0.1, 0.15) is 37.4 Å². The van der Waals surface area contributed by atoms with Gasteiger partial charge >= 0.3 is 0 Å². The number of sulfone groups is 1. The van der Waals surface area contributed by atoms with E-state index in [1.54, 1.807) is 11.1 Å². The third-order valence-electron chi connectivity index (χ3n) is 6.04. The number of nitrogens with zero attached hydrogens (tertiary/aromatic N) is 5. The number of carbonyl (C=O) groups excluding carboxylic acids is 1. The predicted octanol–water partition coefficient (Wildman–Crippen LogP) is 0.497. The van der Waals surface area contributed by atoms with Crippen molar-refractivity contribution in [3.8, 4) is 0 Å². The average molecular weight is 408 g/mol. The van der Waals surface area contributed by atoms with Gasteiger partial charge in [-0.1, -0.05) is 13.8 Å². The van der Waals surface area contributed by atoms with Gasteiger partial charge in [-0.3, -0.25) is 4.79 Å². The molecule has 0 unspecified atom stereocenters. The van der Waals surface area contributed by atoms with Crippen molar-refractivity contribution in [3.05, 3.63) is 17.5 Å². The highest BCUT2D eigenvalue weighted by atomic mass is 32.2. The van der Waals surface area contributed by atoms with Crippen molar-refractivity contribution in [3.63, 3.8) is 0 Å². The molecule has 0 spiro atoms. The molecule has 0 saturated carbocycles. The van der Waals surface area contributed by atoms with Gasteiger partial charge in [0.1, 0.15) is 0 Å². The number of hydrogen-bond acceptors (Lipinski definition) is 7. The van der Waals surface area contributed by atoms with Crippen molar-refractivity contribution in [2.45, 2.75) is 37.2 Å². The van der Waals surface area contributed by atoms with Crippen LogP contribution in [0, 0.1) is 5.92 Å². The monoisotopic (exact) mass is 407 g/mol. The molecule has 3 aliphatic heterocycles. The molecule has 0 N–H and O–H groups in total. The van der Waals surface area contributed by atoms with Gasteiger partial charge in [-0.2, -0.15) is 0 Å². The number of aromatic nitrogens is 2. The molecule has 0 radical (unpaired) electrons. The largest absolute Gasteiger partial charge is 0.341 e. The zero-order valence-corrected chi connectivity index (χ0v) is 17.7. The quantitative estimate of drug-likeness (QED) is 0.721. The lowest BCUT2D eigenvalue weighted by atomic mass is 10.00. The fourth-order valence-electron chi connectivity index (χ4n) is 4.41. The molecular weight excluding hydrogens is 378 g/mol. The number of carbonyl (C=O) groups is 1. The van der Waals surface area contributed by atoms with E-state index in [1.165, 1.54) is 0 Å². The maximum Gasteiger partial charge on any atom is 0.225 e. The predicted molar refractivity (Wildman–Crippen MR) is 107 cm³/mol. The molecule has 1 amide bonds. The highest BCUT2D eigenvalue weighted by Gasteiger charge is 2.48. The normalized spacial score (nSPS) is 27.0. The summed E-state index contributed by atoms with van der Waals surface area (Å²) in [4.78, 5) is 28.0. The fraction of sp³-hybridized carbons (Fsp3) is 0.737. The minimum Gasteiger partial charge on any atom is -0.341 e. The van der Waals surface area contributed by atoms with Crippen molar-refractivity contribution in [2.24, 2.45) is 5.92 Å². The van der Waals surface area contributed by atoms with Gasteiger partial charge in [0.15, 0.2) is 9.84 Å². The topological polar surface area (TPSA) is 86.7 Å². The summed E-state index contributed by atoms with van der Waals surface area (Å²) >= 11 is 0. The van der Waals surface area contributed by atoms with E-state index in [9.17, 15) is 13.2 Å². The molecule has 9 heteroatoms. The first kappa shape index (κ1) is 19.6. The van der Waals surface area contributed by atoms with Crippen molar-refractivity contribution in [1.82, 2.24) is 19.8 Å². The zero-order chi connectivity index (χ0) is 20.1. The molecule has 2 saturated heterocycles. The van der Waals surface area contributed by atoms with E-state index in [0.29, 0.717) is 24.5 Å². The molecule has 0 aliphatic carbocycles. The molecule has 154 valence electrons. The summed E-state index contributed by atoms with van der Waals surface area (Å²) in [5.74, 6) is 0.689. The van der Waals surface area contributed by atoms with Crippen LogP contribution in [0.15, 0.2) is 6.20 Å². The Labute approximate surface area is 166 Å². The number of amides is 1. The van der Waals surface area contributed by atoms with Gasteiger partial charge in [0, 0.05) is 63.4 Å². The number of fused-ring (bicyclic) bond motifs is 3. The molecule has 4 heterocycles. The van der Waals surface area contributed by atoms with Crippen LogP contribution in [0.2, 0.25) is 0 Å².